The van der Waals surface area contributed by atoms with Crippen LogP contribution in [0.5, 0.6) is 0 Å². The van der Waals surface area contributed by atoms with E-state index in [1.807, 2.05) is 0 Å². The second-order valence-corrected chi connectivity index (χ2v) is 8.13. The number of aliphatic hydroxyl groups excluding tert-OH is 1. The molecule has 10 heteroatoms. The summed E-state index contributed by atoms with van der Waals surface area (Å²) in [6.07, 6.45) is 14.3. The molecule has 1 atom stereocenters. The molecule has 194 valence electrons. The summed E-state index contributed by atoms with van der Waals surface area (Å²) in [5, 5.41) is 36.9. The second-order valence-electron chi connectivity index (χ2n) is 8.13. The van der Waals surface area contributed by atoms with Gasteiger partial charge in [0.2, 0.25) is 5.91 Å². The Hall–Kier alpha value is -2.36. The molecule has 0 saturated carbocycles. The highest BCUT2D eigenvalue weighted by Gasteiger charge is 2.16. The van der Waals surface area contributed by atoms with Crippen molar-refractivity contribution in [2.45, 2.75) is 109 Å². The number of hydrogen-bond acceptors (Lipinski definition) is 5. The van der Waals surface area contributed by atoms with Gasteiger partial charge in [-0.2, -0.15) is 0 Å². The topological polar surface area (TPSA) is 186 Å². The average Bonchev–Trinajstić information content (AvgIpc) is 2.74. The van der Waals surface area contributed by atoms with Crippen LogP contribution in [0.2, 0.25) is 0 Å². The molecular weight excluding hydrogens is 428 g/mol. The Labute approximate surface area is 198 Å². The van der Waals surface area contributed by atoms with Crippen molar-refractivity contribution < 1.29 is 29.7 Å². The maximum Gasteiger partial charge on any atom is 0.333 e. The highest BCUT2D eigenvalue weighted by Crippen LogP contribution is 2.11. The summed E-state index contributed by atoms with van der Waals surface area (Å²) in [6, 6.07) is 0. The van der Waals surface area contributed by atoms with Crippen LogP contribution in [0.1, 0.15) is 103 Å². The Kier molecular flexibility index (Phi) is 24.2. The van der Waals surface area contributed by atoms with Crippen molar-refractivity contribution in [1.82, 2.24) is 10.6 Å². The number of aliphatic hydroxyl groups is 1. The van der Waals surface area contributed by atoms with E-state index in [0.717, 1.165) is 25.8 Å². The number of nitrogens with one attached hydrogen (secondary N) is 3. The number of hydrogen-bond donors (Lipinski definition) is 7. The number of rotatable bonds is 20. The number of unbranched alkanes of at least 4 members (excludes halogenated alkanes) is 11. The van der Waals surface area contributed by atoms with E-state index in [1.165, 1.54) is 64.2 Å². The van der Waals surface area contributed by atoms with Gasteiger partial charge >= 0.3 is 11.9 Å². The van der Waals surface area contributed by atoms with E-state index in [2.05, 4.69) is 17.6 Å². The molecule has 10 nitrogen and oxygen atoms in total. The van der Waals surface area contributed by atoms with Gasteiger partial charge in [0.15, 0.2) is 12.1 Å². The third kappa shape index (κ3) is 29.6. The zero-order valence-electron chi connectivity index (χ0n) is 20.2. The van der Waals surface area contributed by atoms with Crippen molar-refractivity contribution in [2.75, 3.05) is 13.1 Å². The summed E-state index contributed by atoms with van der Waals surface area (Å²) in [5.74, 6) is -2.66. The third-order valence-electron chi connectivity index (χ3n) is 4.90. The minimum atomic E-state index is -1.79. The minimum Gasteiger partial charge on any atom is -0.481 e. The van der Waals surface area contributed by atoms with E-state index in [-0.39, 0.29) is 11.9 Å². The van der Waals surface area contributed by atoms with Crippen molar-refractivity contribution in [2.24, 2.45) is 5.73 Å². The molecule has 0 aliphatic heterocycles. The van der Waals surface area contributed by atoms with Gasteiger partial charge in [-0.25, -0.2) is 4.79 Å². The molecule has 0 aliphatic carbocycles. The monoisotopic (exact) mass is 474 g/mol. The quantitative estimate of drug-likeness (QED) is 0.0796. The first-order valence-corrected chi connectivity index (χ1v) is 12.2. The van der Waals surface area contributed by atoms with Gasteiger partial charge in [0.25, 0.3) is 0 Å². The Balaban J connectivity index is 0. The second kappa shape index (κ2) is 24.3. The smallest absolute Gasteiger partial charge is 0.333 e. The van der Waals surface area contributed by atoms with Gasteiger partial charge in [0.1, 0.15) is 0 Å². The fraction of sp³-hybridized carbons (Fsp3) is 0.826. The van der Waals surface area contributed by atoms with Crippen molar-refractivity contribution in [3.8, 4) is 0 Å². The number of amides is 1. The third-order valence-corrected chi connectivity index (χ3v) is 4.90. The first-order valence-electron chi connectivity index (χ1n) is 12.2. The summed E-state index contributed by atoms with van der Waals surface area (Å²) < 4.78 is 0. The van der Waals surface area contributed by atoms with Gasteiger partial charge in [0.05, 0.1) is 6.42 Å². The normalized spacial score (nSPS) is 11.1. The SMILES string of the molecule is CCCCCCCCCCCCCC(=O)NCCCCNC(=N)N.O=C(O)CC(O)C(=O)O. The molecule has 0 heterocycles. The van der Waals surface area contributed by atoms with E-state index >= 15 is 0 Å². The van der Waals surface area contributed by atoms with Crippen LogP contribution < -0.4 is 16.4 Å². The van der Waals surface area contributed by atoms with Gasteiger partial charge in [-0.1, -0.05) is 71.1 Å². The van der Waals surface area contributed by atoms with Crippen LogP contribution in [-0.2, 0) is 14.4 Å². The summed E-state index contributed by atoms with van der Waals surface area (Å²) >= 11 is 0. The zero-order chi connectivity index (χ0) is 25.3. The van der Waals surface area contributed by atoms with Crippen molar-refractivity contribution in [3.05, 3.63) is 0 Å². The molecular formula is C23H46N4O6. The molecule has 0 spiro atoms. The summed E-state index contributed by atoms with van der Waals surface area (Å²) in [6.45, 7) is 3.68. The van der Waals surface area contributed by atoms with Crippen molar-refractivity contribution >= 4 is 23.8 Å². The molecule has 0 rings (SSSR count). The van der Waals surface area contributed by atoms with Crippen LogP contribution in [0.25, 0.3) is 0 Å². The Morgan fingerprint density at radius 3 is 1.64 bits per heavy atom. The fourth-order valence-electron chi connectivity index (χ4n) is 2.99. The summed E-state index contributed by atoms with van der Waals surface area (Å²) in [7, 11) is 0. The number of carboxylic acid groups (broad SMARTS) is 2. The van der Waals surface area contributed by atoms with E-state index in [1.54, 1.807) is 0 Å². The number of carboxylic acids is 2. The molecule has 0 fully saturated rings. The fourth-order valence-corrected chi connectivity index (χ4v) is 2.99. The summed E-state index contributed by atoms with van der Waals surface area (Å²) in [4.78, 5) is 31.1. The standard InChI is InChI=1S/C19H40N4O.C4H6O5/c1-2-3-4-5-6-7-8-9-10-11-12-15-18(24)22-16-13-14-17-23-19(20)21;5-2(4(8)9)1-3(6)7/h2-17H2,1H3,(H,22,24)(H4,20,21,23);2,5H,1H2,(H,6,7)(H,8,9). The van der Waals surface area contributed by atoms with E-state index in [9.17, 15) is 14.4 Å². The molecule has 0 aromatic heterocycles. The van der Waals surface area contributed by atoms with E-state index in [0.29, 0.717) is 13.0 Å². The maximum absolute atomic E-state index is 11.7. The van der Waals surface area contributed by atoms with Crippen LogP contribution in [-0.4, -0.2) is 58.3 Å². The molecule has 0 radical (unpaired) electrons. The molecule has 0 aliphatic rings. The molecule has 8 N–H and O–H groups in total. The first-order chi connectivity index (χ1) is 15.7. The lowest BCUT2D eigenvalue weighted by Gasteiger charge is -2.06. The Morgan fingerprint density at radius 2 is 1.24 bits per heavy atom. The molecule has 0 aromatic carbocycles. The lowest BCUT2D eigenvalue weighted by molar-refractivity contribution is -0.152. The summed E-state index contributed by atoms with van der Waals surface area (Å²) in [5.41, 5.74) is 5.19. The minimum absolute atomic E-state index is 0.00975. The molecule has 0 saturated heterocycles. The number of carbonyl (C=O) groups is 3. The Bertz CT molecular complexity index is 531. The zero-order valence-corrected chi connectivity index (χ0v) is 20.2. The number of aliphatic carboxylic acids is 2. The van der Waals surface area contributed by atoms with Crippen LogP contribution in [0.4, 0.5) is 0 Å². The predicted octanol–water partition coefficient (Wildman–Crippen LogP) is 2.97. The largest absolute Gasteiger partial charge is 0.481 e. The number of nitrogens with two attached hydrogens (primary N) is 1. The molecule has 0 aromatic rings. The van der Waals surface area contributed by atoms with Crippen LogP contribution >= 0.6 is 0 Å². The van der Waals surface area contributed by atoms with Gasteiger partial charge in [0, 0.05) is 19.5 Å². The molecule has 0 bridgehead atoms. The van der Waals surface area contributed by atoms with E-state index < -0.39 is 24.5 Å². The lowest BCUT2D eigenvalue weighted by Crippen LogP contribution is -2.31. The van der Waals surface area contributed by atoms with Crippen LogP contribution in [0.15, 0.2) is 0 Å². The highest BCUT2D eigenvalue weighted by atomic mass is 16.4. The van der Waals surface area contributed by atoms with E-state index in [4.69, 9.17) is 26.5 Å². The van der Waals surface area contributed by atoms with Gasteiger partial charge in [-0.3, -0.25) is 15.0 Å². The first kappa shape index (κ1) is 32.8. The van der Waals surface area contributed by atoms with Crippen LogP contribution in [0.3, 0.4) is 0 Å². The maximum atomic E-state index is 11.7. The predicted molar refractivity (Wildman–Crippen MR) is 129 cm³/mol. The molecule has 1 unspecified atom stereocenters. The molecule has 33 heavy (non-hydrogen) atoms. The van der Waals surface area contributed by atoms with Crippen molar-refractivity contribution in [3.63, 3.8) is 0 Å². The highest BCUT2D eigenvalue weighted by molar-refractivity contribution is 5.79. The van der Waals surface area contributed by atoms with Gasteiger partial charge < -0.3 is 31.7 Å². The number of guanidine groups is 1. The average molecular weight is 475 g/mol. The lowest BCUT2D eigenvalue weighted by atomic mass is 10.1. The van der Waals surface area contributed by atoms with Gasteiger partial charge in [-0.15, -0.1) is 0 Å². The van der Waals surface area contributed by atoms with Crippen molar-refractivity contribution in [1.29, 1.82) is 5.41 Å². The number of carbonyl (C=O) groups excluding carboxylic acids is 1. The Morgan fingerprint density at radius 1 is 0.788 bits per heavy atom. The van der Waals surface area contributed by atoms with Gasteiger partial charge in [-0.05, 0) is 19.3 Å². The van der Waals surface area contributed by atoms with Crippen LogP contribution in [0, 0.1) is 5.41 Å². The molecule has 1 amide bonds.